The number of aromatic nitrogens is 4. The van der Waals surface area contributed by atoms with E-state index < -0.39 is 0 Å². The predicted molar refractivity (Wildman–Crippen MR) is 112 cm³/mol. The van der Waals surface area contributed by atoms with E-state index in [-0.39, 0.29) is 18.6 Å². The maximum atomic E-state index is 12.3. The zero-order chi connectivity index (χ0) is 20.8. The molecule has 1 aromatic carbocycles. The maximum Gasteiger partial charge on any atom is 0.258 e. The molecule has 0 unspecified atom stereocenters. The second-order valence-electron chi connectivity index (χ2n) is 7.36. The van der Waals surface area contributed by atoms with Crippen molar-refractivity contribution in [3.8, 4) is 5.75 Å². The van der Waals surface area contributed by atoms with E-state index in [4.69, 9.17) is 4.74 Å². The lowest BCUT2D eigenvalue weighted by molar-refractivity contribution is -0.123. The van der Waals surface area contributed by atoms with E-state index in [1.807, 2.05) is 61.7 Å². The summed E-state index contributed by atoms with van der Waals surface area (Å²) in [4.78, 5) is 19.1. The highest BCUT2D eigenvalue weighted by Gasteiger charge is 2.23. The molecule has 0 radical (unpaired) electrons. The molecule has 156 valence electrons. The summed E-state index contributed by atoms with van der Waals surface area (Å²) < 4.78 is 7.65. The largest absolute Gasteiger partial charge is 0.484 e. The third-order valence-electron chi connectivity index (χ3n) is 5.14. The molecule has 1 aliphatic rings. The molecular formula is C22H26N6O2. The van der Waals surface area contributed by atoms with E-state index in [1.54, 1.807) is 0 Å². The monoisotopic (exact) mass is 406 g/mol. The number of hydrogen-bond donors (Lipinski definition) is 1. The first-order chi connectivity index (χ1) is 14.7. The molecule has 8 heteroatoms. The molecule has 2 aromatic heterocycles. The Morgan fingerprint density at radius 3 is 2.73 bits per heavy atom. The van der Waals surface area contributed by atoms with E-state index in [2.05, 4.69) is 30.0 Å². The Morgan fingerprint density at radius 1 is 1.10 bits per heavy atom. The van der Waals surface area contributed by atoms with Crippen LogP contribution in [0.3, 0.4) is 0 Å². The predicted octanol–water partition coefficient (Wildman–Crippen LogP) is 1.99. The highest BCUT2D eigenvalue weighted by atomic mass is 16.5. The Morgan fingerprint density at radius 2 is 1.93 bits per heavy atom. The fourth-order valence-corrected chi connectivity index (χ4v) is 3.60. The molecule has 8 nitrogen and oxygen atoms in total. The van der Waals surface area contributed by atoms with Gasteiger partial charge in [0.1, 0.15) is 11.6 Å². The van der Waals surface area contributed by atoms with Crippen LogP contribution in [0.25, 0.3) is 0 Å². The van der Waals surface area contributed by atoms with Gasteiger partial charge >= 0.3 is 0 Å². The number of ether oxygens (including phenoxy) is 1. The SMILES string of the molecule is C[C@@H](NC(=O)COc1ccccc1)c1nnc2n1CCN(Cc1ccccn1)CC2. The standard InChI is InChI=1S/C22H26N6O2/c1-17(24-21(29)16-30-19-8-3-2-4-9-19)22-26-25-20-10-12-27(13-14-28(20)22)15-18-7-5-6-11-23-18/h2-9,11,17H,10,12-16H2,1H3,(H,24,29)/t17-/m1/s1. The quantitative estimate of drug-likeness (QED) is 0.646. The number of benzene rings is 1. The maximum absolute atomic E-state index is 12.3. The molecule has 3 heterocycles. The van der Waals surface area contributed by atoms with Gasteiger partial charge in [-0.2, -0.15) is 0 Å². The molecule has 30 heavy (non-hydrogen) atoms. The number of carbonyl (C=O) groups excluding carboxylic acids is 1. The van der Waals surface area contributed by atoms with E-state index in [0.717, 1.165) is 49.9 Å². The minimum atomic E-state index is -0.250. The van der Waals surface area contributed by atoms with E-state index in [1.165, 1.54) is 0 Å². The number of hydrogen-bond acceptors (Lipinski definition) is 6. The third-order valence-corrected chi connectivity index (χ3v) is 5.14. The Balaban J connectivity index is 1.33. The highest BCUT2D eigenvalue weighted by Crippen LogP contribution is 2.16. The van der Waals surface area contributed by atoms with E-state index >= 15 is 0 Å². The van der Waals surface area contributed by atoms with Crippen molar-refractivity contribution in [2.24, 2.45) is 0 Å². The zero-order valence-electron chi connectivity index (χ0n) is 17.1. The first kappa shape index (κ1) is 20.0. The molecule has 0 saturated carbocycles. The van der Waals surface area contributed by atoms with Crippen LogP contribution in [0.15, 0.2) is 54.7 Å². The molecule has 0 fully saturated rings. The fourth-order valence-electron chi connectivity index (χ4n) is 3.60. The lowest BCUT2D eigenvalue weighted by atomic mass is 10.3. The molecule has 0 saturated heterocycles. The normalized spacial score (nSPS) is 15.1. The molecule has 3 aromatic rings. The van der Waals surface area contributed by atoms with Crippen molar-refractivity contribution < 1.29 is 9.53 Å². The Labute approximate surface area is 175 Å². The summed E-state index contributed by atoms with van der Waals surface area (Å²) in [5.74, 6) is 2.21. The van der Waals surface area contributed by atoms with Crippen molar-refractivity contribution in [2.75, 3.05) is 19.7 Å². The van der Waals surface area contributed by atoms with Gasteiger partial charge in [-0.15, -0.1) is 10.2 Å². The first-order valence-electron chi connectivity index (χ1n) is 10.2. The Bertz CT molecular complexity index is 960. The van der Waals surface area contributed by atoms with Crippen LogP contribution >= 0.6 is 0 Å². The van der Waals surface area contributed by atoms with Crippen molar-refractivity contribution in [1.82, 2.24) is 30.0 Å². The van der Waals surface area contributed by atoms with Crippen LogP contribution in [-0.4, -0.2) is 50.3 Å². The van der Waals surface area contributed by atoms with Crippen LogP contribution in [-0.2, 0) is 24.3 Å². The first-order valence-corrected chi connectivity index (χ1v) is 10.2. The van der Waals surface area contributed by atoms with Crippen LogP contribution < -0.4 is 10.1 Å². The van der Waals surface area contributed by atoms with Crippen molar-refractivity contribution in [3.05, 3.63) is 72.1 Å². The minimum Gasteiger partial charge on any atom is -0.484 e. The smallest absolute Gasteiger partial charge is 0.258 e. The molecule has 4 rings (SSSR count). The van der Waals surface area contributed by atoms with Crippen molar-refractivity contribution in [1.29, 1.82) is 0 Å². The highest BCUT2D eigenvalue weighted by molar-refractivity contribution is 5.77. The number of para-hydroxylation sites is 1. The summed E-state index contributed by atoms with van der Waals surface area (Å²) in [6, 6.07) is 15.0. The molecular weight excluding hydrogens is 380 g/mol. The number of nitrogens with one attached hydrogen (secondary N) is 1. The number of fused-ring (bicyclic) bond motifs is 1. The van der Waals surface area contributed by atoms with Crippen LogP contribution in [0.4, 0.5) is 0 Å². The fraction of sp³-hybridized carbons (Fsp3) is 0.364. The van der Waals surface area contributed by atoms with Crippen molar-refractivity contribution >= 4 is 5.91 Å². The molecule has 0 spiro atoms. The van der Waals surface area contributed by atoms with Gasteiger partial charge in [0, 0.05) is 38.8 Å². The summed E-state index contributed by atoms with van der Waals surface area (Å²) in [6.45, 7) is 5.27. The number of rotatable bonds is 7. The van der Waals surface area contributed by atoms with Gasteiger partial charge in [-0.25, -0.2) is 0 Å². The molecule has 1 amide bonds. The van der Waals surface area contributed by atoms with Gasteiger partial charge in [0.25, 0.3) is 5.91 Å². The van der Waals surface area contributed by atoms with Crippen LogP contribution in [0.2, 0.25) is 0 Å². The Kier molecular flexibility index (Phi) is 6.34. The average molecular weight is 406 g/mol. The molecule has 1 N–H and O–H groups in total. The van der Waals surface area contributed by atoms with Gasteiger partial charge in [-0.1, -0.05) is 24.3 Å². The zero-order valence-corrected chi connectivity index (χ0v) is 17.1. The van der Waals surface area contributed by atoms with Crippen molar-refractivity contribution in [3.63, 3.8) is 0 Å². The summed E-state index contributed by atoms with van der Waals surface area (Å²) in [6.07, 6.45) is 2.64. The van der Waals surface area contributed by atoms with Gasteiger partial charge in [0.05, 0.1) is 11.7 Å². The summed E-state index contributed by atoms with van der Waals surface area (Å²) in [7, 11) is 0. The number of carbonyl (C=O) groups is 1. The van der Waals surface area contributed by atoms with E-state index in [0.29, 0.717) is 5.75 Å². The lowest BCUT2D eigenvalue weighted by Gasteiger charge is -2.19. The molecule has 1 aliphatic heterocycles. The van der Waals surface area contributed by atoms with Gasteiger partial charge in [0.15, 0.2) is 12.4 Å². The molecule has 1 atom stereocenters. The topological polar surface area (TPSA) is 85.2 Å². The van der Waals surface area contributed by atoms with Crippen LogP contribution in [0.1, 0.15) is 30.3 Å². The van der Waals surface area contributed by atoms with Gasteiger partial charge in [0.2, 0.25) is 0 Å². The summed E-state index contributed by atoms with van der Waals surface area (Å²) in [5.41, 5.74) is 1.06. The Hall–Kier alpha value is -3.26. The van der Waals surface area contributed by atoms with Crippen LogP contribution in [0, 0.1) is 0 Å². The minimum absolute atomic E-state index is 0.0345. The lowest BCUT2D eigenvalue weighted by Crippen LogP contribution is -2.33. The van der Waals surface area contributed by atoms with Gasteiger partial charge in [-0.3, -0.25) is 14.7 Å². The average Bonchev–Trinajstić information content (AvgIpc) is 3.08. The summed E-state index contributed by atoms with van der Waals surface area (Å²) >= 11 is 0. The second kappa shape index (κ2) is 9.49. The number of nitrogens with zero attached hydrogens (tertiary/aromatic N) is 5. The van der Waals surface area contributed by atoms with Crippen LogP contribution in [0.5, 0.6) is 5.75 Å². The molecule has 0 aliphatic carbocycles. The summed E-state index contributed by atoms with van der Waals surface area (Å²) in [5, 5.41) is 11.7. The van der Waals surface area contributed by atoms with Crippen molar-refractivity contribution in [2.45, 2.75) is 32.5 Å². The van der Waals surface area contributed by atoms with Gasteiger partial charge in [-0.05, 0) is 31.2 Å². The third kappa shape index (κ3) is 5.01. The molecule has 0 bridgehead atoms. The number of pyridine rings is 1. The second-order valence-corrected chi connectivity index (χ2v) is 7.36. The van der Waals surface area contributed by atoms with Gasteiger partial charge < -0.3 is 14.6 Å². The number of amides is 1. The van der Waals surface area contributed by atoms with E-state index in [9.17, 15) is 4.79 Å².